The zero-order valence-corrected chi connectivity index (χ0v) is 52.6. The maximum atomic E-state index is 12.9. The molecule has 0 saturated carbocycles. The Kier molecular flexibility index (Phi) is 50.4. The van der Waals surface area contributed by atoms with Gasteiger partial charge in [0.05, 0.1) is 26.4 Å². The fourth-order valence-corrected chi connectivity index (χ4v) is 10.3. The summed E-state index contributed by atoms with van der Waals surface area (Å²) < 4.78 is 67.6. The van der Waals surface area contributed by atoms with E-state index in [1.807, 2.05) is 0 Å². The average Bonchev–Trinajstić information content (AvgIpc) is 3.40. The quantitative estimate of drug-likeness (QED) is 0.0222. The minimum Gasteiger partial charge on any atom is -0.462 e. The number of phosphoric ester groups is 2. The summed E-state index contributed by atoms with van der Waals surface area (Å²) in [5.74, 6) is 0.0495. The first-order chi connectivity index (χ1) is 37.8. The first kappa shape index (κ1) is 77.1. The van der Waals surface area contributed by atoms with E-state index in [0.717, 1.165) is 109 Å². The topological polar surface area (TPSA) is 237 Å². The van der Waals surface area contributed by atoms with Crippen LogP contribution >= 0.6 is 15.6 Å². The van der Waals surface area contributed by atoms with Gasteiger partial charge in [-0.15, -0.1) is 0 Å². The number of carbonyl (C=O) groups excluding carboxylic acids is 4. The van der Waals surface area contributed by atoms with Crippen molar-refractivity contribution in [3.8, 4) is 0 Å². The third-order valence-electron chi connectivity index (χ3n) is 14.0. The highest BCUT2D eigenvalue weighted by atomic mass is 31.2. The summed E-state index contributed by atoms with van der Waals surface area (Å²) in [4.78, 5) is 71.8. The van der Waals surface area contributed by atoms with Gasteiger partial charge in [0.2, 0.25) is 0 Å². The molecule has 0 amide bonds. The van der Waals surface area contributed by atoms with E-state index in [0.29, 0.717) is 37.5 Å². The van der Waals surface area contributed by atoms with Crippen LogP contribution in [0, 0.1) is 17.8 Å². The Bertz CT molecular complexity index is 1580. The molecule has 0 aliphatic rings. The summed E-state index contributed by atoms with van der Waals surface area (Å²) in [6, 6.07) is 0. The van der Waals surface area contributed by atoms with Gasteiger partial charge in [0.25, 0.3) is 0 Å². The van der Waals surface area contributed by atoms with Crippen LogP contribution in [-0.2, 0) is 65.4 Å². The fraction of sp³-hybridized carbons (Fsp3) is 0.933. The number of ether oxygens (including phenoxy) is 4. The van der Waals surface area contributed by atoms with Gasteiger partial charge in [-0.3, -0.25) is 37.3 Å². The molecule has 0 bridgehead atoms. The molecule has 0 radical (unpaired) electrons. The molecule has 3 N–H and O–H groups in total. The van der Waals surface area contributed by atoms with Crippen LogP contribution in [0.3, 0.4) is 0 Å². The molecule has 468 valence electrons. The lowest BCUT2D eigenvalue weighted by atomic mass is 9.99. The van der Waals surface area contributed by atoms with E-state index >= 15 is 0 Å². The van der Waals surface area contributed by atoms with Crippen LogP contribution in [0.2, 0.25) is 0 Å². The van der Waals surface area contributed by atoms with Crippen molar-refractivity contribution in [3.63, 3.8) is 0 Å². The molecule has 0 aromatic heterocycles. The maximum Gasteiger partial charge on any atom is 0.472 e. The highest BCUT2D eigenvalue weighted by molar-refractivity contribution is 7.47. The Morgan fingerprint density at radius 1 is 0.367 bits per heavy atom. The zero-order chi connectivity index (χ0) is 58.8. The lowest BCUT2D eigenvalue weighted by Gasteiger charge is -2.21. The minimum absolute atomic E-state index is 0.102. The second-order valence-electron chi connectivity index (χ2n) is 22.9. The van der Waals surface area contributed by atoms with E-state index in [-0.39, 0.29) is 25.7 Å². The number of hydrogen-bond acceptors (Lipinski definition) is 15. The van der Waals surface area contributed by atoms with Gasteiger partial charge in [0, 0.05) is 25.7 Å². The van der Waals surface area contributed by atoms with Crippen LogP contribution in [0.25, 0.3) is 0 Å². The molecule has 0 spiro atoms. The normalized spacial score (nSPS) is 14.8. The highest BCUT2D eigenvalue weighted by Gasteiger charge is 2.30. The van der Waals surface area contributed by atoms with Crippen LogP contribution in [0.1, 0.15) is 286 Å². The smallest absolute Gasteiger partial charge is 0.462 e. The standard InChI is InChI=1S/C60H116O17P2/c1-8-10-11-24-34-41-57(62)70-47-55(76-60(65)44-37-30-23-17-19-26-32-39-52(5)6)49-74-78(66,67)72-45-54(61)46-73-79(68,69)75-50-56(48-71-58(63)42-35-28-22-16-18-25-31-38-51(3)4)77-59(64)43-36-29-21-15-13-12-14-20-27-33-40-53(7)9-2/h51-56,61H,8-50H2,1-7H3,(H,66,67)(H,68,69)/t53?,54-,55+,56+/m0/s1. The van der Waals surface area contributed by atoms with Gasteiger partial charge in [-0.05, 0) is 43.4 Å². The second kappa shape index (κ2) is 51.7. The molecule has 0 aromatic rings. The van der Waals surface area contributed by atoms with Crippen molar-refractivity contribution in [1.82, 2.24) is 0 Å². The zero-order valence-electron chi connectivity index (χ0n) is 50.8. The van der Waals surface area contributed by atoms with Crippen molar-refractivity contribution in [3.05, 3.63) is 0 Å². The van der Waals surface area contributed by atoms with E-state index in [1.165, 1.54) is 83.5 Å². The van der Waals surface area contributed by atoms with Crippen molar-refractivity contribution >= 4 is 39.5 Å². The van der Waals surface area contributed by atoms with Crippen molar-refractivity contribution in [2.45, 2.75) is 304 Å². The maximum absolute atomic E-state index is 12.9. The van der Waals surface area contributed by atoms with E-state index in [4.69, 9.17) is 37.0 Å². The first-order valence-corrected chi connectivity index (χ1v) is 34.4. The Hall–Kier alpha value is -1.94. The Morgan fingerprint density at radius 2 is 0.646 bits per heavy atom. The largest absolute Gasteiger partial charge is 0.472 e. The van der Waals surface area contributed by atoms with Crippen molar-refractivity contribution in [2.24, 2.45) is 17.8 Å². The molecular weight excluding hydrogens is 1050 g/mol. The Balaban J connectivity index is 5.19. The monoisotopic (exact) mass is 1170 g/mol. The number of rotatable bonds is 58. The van der Waals surface area contributed by atoms with Gasteiger partial charge in [0.1, 0.15) is 19.3 Å². The number of hydrogen-bond donors (Lipinski definition) is 3. The number of unbranched alkanes of at least 4 members (excludes halogenated alkanes) is 25. The molecule has 6 atom stereocenters. The van der Waals surface area contributed by atoms with Gasteiger partial charge in [0.15, 0.2) is 12.2 Å². The SMILES string of the molecule is CCCCCCCC(=O)OC[C@H](COP(=O)(O)OC[C@H](O)COP(=O)(O)OC[C@@H](COC(=O)CCCCCCCCCC(C)C)OC(=O)CCCCCCCCCCCCC(C)CC)OC(=O)CCCCCCCCCC(C)C. The number of phosphoric acid groups is 2. The van der Waals surface area contributed by atoms with Crippen molar-refractivity contribution < 1.29 is 80.2 Å². The fourth-order valence-electron chi connectivity index (χ4n) is 8.74. The third kappa shape index (κ3) is 53.8. The molecular formula is C60H116O17P2. The van der Waals surface area contributed by atoms with Crippen molar-refractivity contribution in [1.29, 1.82) is 0 Å². The molecule has 0 fully saturated rings. The molecule has 0 aromatic carbocycles. The number of esters is 4. The molecule has 0 saturated heterocycles. The average molecular weight is 1170 g/mol. The number of carbonyl (C=O) groups is 4. The lowest BCUT2D eigenvalue weighted by molar-refractivity contribution is -0.161. The third-order valence-corrected chi connectivity index (χ3v) is 15.9. The predicted octanol–water partition coefficient (Wildman–Crippen LogP) is 15.9. The molecule has 0 aliphatic carbocycles. The first-order valence-electron chi connectivity index (χ1n) is 31.4. The van der Waals surface area contributed by atoms with Gasteiger partial charge in [-0.1, -0.05) is 235 Å². The summed E-state index contributed by atoms with van der Waals surface area (Å²) >= 11 is 0. The Morgan fingerprint density at radius 3 is 0.962 bits per heavy atom. The summed E-state index contributed by atoms with van der Waals surface area (Å²) in [5, 5.41) is 10.5. The van der Waals surface area contributed by atoms with Crippen LogP contribution < -0.4 is 0 Å². The van der Waals surface area contributed by atoms with Gasteiger partial charge < -0.3 is 33.8 Å². The summed E-state index contributed by atoms with van der Waals surface area (Å²) in [6.07, 6.45) is 31.2. The van der Waals surface area contributed by atoms with Crippen LogP contribution in [0.5, 0.6) is 0 Å². The molecule has 0 heterocycles. The predicted molar refractivity (Wildman–Crippen MR) is 312 cm³/mol. The van der Waals surface area contributed by atoms with Crippen LogP contribution in [0.4, 0.5) is 0 Å². The minimum atomic E-state index is -4.94. The second-order valence-corrected chi connectivity index (χ2v) is 25.8. The van der Waals surface area contributed by atoms with E-state index in [1.54, 1.807) is 0 Å². The van der Waals surface area contributed by atoms with Gasteiger partial charge in [-0.25, -0.2) is 9.13 Å². The number of aliphatic hydroxyl groups is 1. The van der Waals surface area contributed by atoms with Crippen LogP contribution in [0.15, 0.2) is 0 Å². The van der Waals surface area contributed by atoms with Gasteiger partial charge in [-0.2, -0.15) is 0 Å². The molecule has 19 heteroatoms. The molecule has 3 unspecified atom stereocenters. The number of aliphatic hydroxyl groups excluding tert-OH is 1. The highest BCUT2D eigenvalue weighted by Crippen LogP contribution is 2.45. The van der Waals surface area contributed by atoms with E-state index < -0.39 is 97.5 Å². The van der Waals surface area contributed by atoms with Crippen molar-refractivity contribution in [2.75, 3.05) is 39.6 Å². The molecule has 79 heavy (non-hydrogen) atoms. The molecule has 17 nitrogen and oxygen atoms in total. The summed E-state index contributed by atoms with van der Waals surface area (Å²) in [6.45, 7) is 11.6. The van der Waals surface area contributed by atoms with Gasteiger partial charge >= 0.3 is 39.5 Å². The van der Waals surface area contributed by atoms with E-state index in [2.05, 4.69) is 48.5 Å². The summed E-state index contributed by atoms with van der Waals surface area (Å²) in [7, 11) is -9.87. The van der Waals surface area contributed by atoms with Crippen LogP contribution in [-0.4, -0.2) is 96.7 Å². The van der Waals surface area contributed by atoms with E-state index in [9.17, 15) is 43.2 Å². The lowest BCUT2D eigenvalue weighted by Crippen LogP contribution is -2.30. The molecule has 0 aliphatic heterocycles. The summed E-state index contributed by atoms with van der Waals surface area (Å²) in [5.41, 5.74) is 0. The Labute approximate surface area is 479 Å². The molecule has 0 rings (SSSR count).